The summed E-state index contributed by atoms with van der Waals surface area (Å²) in [5, 5.41) is 0. The molecule has 0 amide bonds. The van der Waals surface area contributed by atoms with Crippen molar-refractivity contribution in [3.8, 4) is 0 Å². The zero-order chi connectivity index (χ0) is 28.8. The quantitative estimate of drug-likeness (QED) is 0.268. The predicted octanol–water partition coefficient (Wildman–Crippen LogP) is 4.84. The minimum atomic E-state index is -2.90. The van der Waals surface area contributed by atoms with E-state index in [1.165, 1.54) is 35.3 Å². The Kier molecular flexibility index (Phi) is 8.59. The third-order valence-electron chi connectivity index (χ3n) is 8.35. The molecule has 0 spiro atoms. The van der Waals surface area contributed by atoms with Gasteiger partial charge in [-0.15, -0.1) is 0 Å². The molecule has 3 nitrogen and oxygen atoms in total. The van der Waals surface area contributed by atoms with Crippen molar-refractivity contribution in [2.24, 2.45) is 0 Å². The summed E-state index contributed by atoms with van der Waals surface area (Å²) in [4.78, 5) is 5.27. The van der Waals surface area contributed by atoms with Crippen molar-refractivity contribution in [1.82, 2.24) is 9.80 Å². The average molecular weight is 937 g/mol. The van der Waals surface area contributed by atoms with Crippen LogP contribution in [0, 0.1) is 0 Å². The van der Waals surface area contributed by atoms with Crippen LogP contribution >= 0.6 is 0 Å². The molecule has 0 bridgehead atoms. The first-order valence-electron chi connectivity index (χ1n) is 14.7. The molecule has 6 rings (SSSR count). The van der Waals surface area contributed by atoms with Gasteiger partial charge in [-0.3, -0.25) is 0 Å². The van der Waals surface area contributed by atoms with E-state index in [0.717, 1.165) is 26.2 Å². The van der Waals surface area contributed by atoms with Gasteiger partial charge in [0.2, 0.25) is 0 Å². The third-order valence-corrected chi connectivity index (χ3v) is 34.3. The Bertz CT molecular complexity index is 1320. The normalized spacial score (nSPS) is 17.3. The SMILES string of the molecule is CC(C)(C)N1Cc2cccc[c]2[Bi]([O][Bi]2[c]3ccccc3CN(C(C)(C)C)Cc3cccc[c]32)[c]2ccccc2C1. The zero-order valence-electron chi connectivity index (χ0n) is 25.3. The number of nitrogens with zero attached hydrogens (tertiary/aromatic N) is 2. The van der Waals surface area contributed by atoms with Gasteiger partial charge in [0.1, 0.15) is 0 Å². The van der Waals surface area contributed by atoms with Crippen LogP contribution in [0.3, 0.4) is 0 Å². The summed E-state index contributed by atoms with van der Waals surface area (Å²) >= 11 is -5.79. The molecule has 2 heterocycles. The Labute approximate surface area is 264 Å². The van der Waals surface area contributed by atoms with Gasteiger partial charge in [0.25, 0.3) is 0 Å². The maximum absolute atomic E-state index is 7.92. The van der Waals surface area contributed by atoms with Gasteiger partial charge in [0.05, 0.1) is 0 Å². The van der Waals surface area contributed by atoms with Gasteiger partial charge in [0.15, 0.2) is 0 Å². The van der Waals surface area contributed by atoms with Crippen LogP contribution in [-0.4, -0.2) is 65.3 Å². The average Bonchev–Trinajstić information content (AvgIpc) is 2.92. The first-order chi connectivity index (χ1) is 19.6. The van der Waals surface area contributed by atoms with E-state index in [4.69, 9.17) is 0.889 Å². The summed E-state index contributed by atoms with van der Waals surface area (Å²) in [6.07, 6.45) is 0. The van der Waals surface area contributed by atoms with Crippen molar-refractivity contribution in [3.05, 3.63) is 119 Å². The van der Waals surface area contributed by atoms with Crippen LogP contribution in [0.1, 0.15) is 63.8 Å². The van der Waals surface area contributed by atoms with E-state index in [0.29, 0.717) is 0 Å². The Morgan fingerprint density at radius 2 is 0.683 bits per heavy atom. The van der Waals surface area contributed by atoms with Crippen LogP contribution < -0.4 is 13.1 Å². The summed E-state index contributed by atoms with van der Waals surface area (Å²) in [6.45, 7) is 17.9. The summed E-state index contributed by atoms with van der Waals surface area (Å²) in [7, 11) is 0. The molecule has 41 heavy (non-hydrogen) atoms. The monoisotopic (exact) mass is 936 g/mol. The summed E-state index contributed by atoms with van der Waals surface area (Å²) in [6, 6.07) is 36.9. The second kappa shape index (κ2) is 11.9. The van der Waals surface area contributed by atoms with Gasteiger partial charge in [-0.05, 0) is 0 Å². The molecule has 2 aliphatic rings. The van der Waals surface area contributed by atoms with E-state index in [-0.39, 0.29) is 11.1 Å². The Hall–Kier alpha value is -1.47. The van der Waals surface area contributed by atoms with Crippen LogP contribution in [0.15, 0.2) is 97.1 Å². The van der Waals surface area contributed by atoms with Crippen molar-refractivity contribution in [1.29, 1.82) is 0 Å². The molecule has 0 aromatic heterocycles. The fourth-order valence-electron chi connectivity index (χ4n) is 5.77. The Morgan fingerprint density at radius 3 is 0.927 bits per heavy atom. The molecular weight excluding hydrogens is 894 g/mol. The van der Waals surface area contributed by atoms with Crippen LogP contribution in [-0.2, 0) is 27.1 Å². The summed E-state index contributed by atoms with van der Waals surface area (Å²) in [5.41, 5.74) is 6.02. The molecule has 4 aromatic carbocycles. The van der Waals surface area contributed by atoms with Crippen LogP contribution in [0.4, 0.5) is 0 Å². The van der Waals surface area contributed by atoms with Crippen LogP contribution in [0.25, 0.3) is 0 Å². The first-order valence-corrected chi connectivity index (χ1v) is 24.5. The standard InChI is InChI=1S/2C18H21N.2Bi.O/c2*1-18(2,3)19(14-16-10-6-4-7-11-16)15-17-12-8-5-9-13-17;;;/h2*4-10,12H,14-15H2,1-3H3;;;. The van der Waals surface area contributed by atoms with Gasteiger partial charge in [-0.2, -0.15) is 0 Å². The molecule has 0 N–H and O–H groups in total. The van der Waals surface area contributed by atoms with E-state index in [1.54, 1.807) is 0 Å². The molecule has 0 saturated heterocycles. The van der Waals surface area contributed by atoms with E-state index >= 15 is 0 Å². The molecule has 0 atom stereocenters. The molecular formula is C36H42Bi2N2O. The minimum absolute atomic E-state index is 0.0813. The Balaban J connectivity index is 1.52. The zero-order valence-corrected chi connectivity index (χ0v) is 32.2. The Morgan fingerprint density at radius 1 is 0.439 bits per heavy atom. The topological polar surface area (TPSA) is 15.7 Å². The molecule has 212 valence electrons. The molecule has 0 radical (unpaired) electrons. The first kappa shape index (κ1) is 29.6. The maximum atomic E-state index is 7.92. The van der Waals surface area contributed by atoms with Crippen LogP contribution in [0.2, 0.25) is 0 Å². The molecule has 0 saturated carbocycles. The van der Waals surface area contributed by atoms with Crippen molar-refractivity contribution in [3.63, 3.8) is 0 Å². The number of hydrogen-bond donors (Lipinski definition) is 0. The second-order valence-electron chi connectivity index (χ2n) is 13.2. The molecule has 4 aromatic rings. The van der Waals surface area contributed by atoms with E-state index in [2.05, 4.69) is 148 Å². The second-order valence-corrected chi connectivity index (χ2v) is 31.5. The fraction of sp³-hybridized carbons (Fsp3) is 0.333. The van der Waals surface area contributed by atoms with Gasteiger partial charge in [0, 0.05) is 0 Å². The number of benzene rings is 4. The number of hydrogen-bond acceptors (Lipinski definition) is 3. The molecule has 0 aliphatic carbocycles. The van der Waals surface area contributed by atoms with Gasteiger partial charge >= 0.3 is 266 Å². The molecule has 2 aliphatic heterocycles. The third kappa shape index (κ3) is 6.27. The van der Waals surface area contributed by atoms with E-state index in [1.807, 2.05) is 0 Å². The van der Waals surface area contributed by atoms with Crippen molar-refractivity contribution in [2.45, 2.75) is 78.8 Å². The van der Waals surface area contributed by atoms with E-state index in [9.17, 15) is 0 Å². The predicted molar refractivity (Wildman–Crippen MR) is 175 cm³/mol. The van der Waals surface area contributed by atoms with Gasteiger partial charge in [-0.25, -0.2) is 0 Å². The summed E-state index contributed by atoms with van der Waals surface area (Å²) in [5.74, 6) is 0. The van der Waals surface area contributed by atoms with E-state index < -0.39 is 44.4 Å². The van der Waals surface area contributed by atoms with Crippen LogP contribution in [0.5, 0.6) is 0 Å². The molecule has 0 fully saturated rings. The summed E-state index contributed by atoms with van der Waals surface area (Å²) < 4.78 is 14.0. The number of fused-ring (bicyclic) bond motifs is 4. The van der Waals surface area contributed by atoms with Gasteiger partial charge < -0.3 is 0 Å². The number of rotatable bonds is 2. The molecule has 0 unspecified atom stereocenters. The van der Waals surface area contributed by atoms with Crippen molar-refractivity contribution < 1.29 is 0.889 Å². The van der Waals surface area contributed by atoms with Gasteiger partial charge in [-0.1, -0.05) is 0 Å². The van der Waals surface area contributed by atoms with Crippen molar-refractivity contribution in [2.75, 3.05) is 0 Å². The molecule has 5 heteroatoms. The van der Waals surface area contributed by atoms with Crippen molar-refractivity contribution >= 4 is 57.5 Å². The fourth-order valence-corrected chi connectivity index (χ4v) is 37.1.